The second-order valence-electron chi connectivity index (χ2n) is 37.1. The van der Waals surface area contributed by atoms with Gasteiger partial charge in [0.05, 0.1) is 17.7 Å². The summed E-state index contributed by atoms with van der Waals surface area (Å²) in [5, 5.41) is 56.3. The first-order chi connectivity index (χ1) is 68.6. The Hall–Kier alpha value is -14.1. The van der Waals surface area contributed by atoms with E-state index in [0.717, 1.165) is 41.9 Å². The van der Waals surface area contributed by atoms with Crippen molar-refractivity contribution in [2.45, 2.75) is 266 Å². The van der Waals surface area contributed by atoms with Crippen LogP contribution < -0.4 is 109 Å². The first-order valence-electron chi connectivity index (χ1n) is 48.1. The number of carbonyl (C=O) groups is 19. The van der Waals surface area contributed by atoms with E-state index in [2.05, 4.69) is 74.4 Å². The second kappa shape index (κ2) is 58.0. The van der Waals surface area contributed by atoms with Crippen LogP contribution in [0.2, 0.25) is 0 Å². The van der Waals surface area contributed by atoms with Crippen molar-refractivity contribution < 1.29 is 114 Å². The predicted octanol–water partition coefficient (Wildman–Crippen LogP) is -0.672. The number of amides is 18. The standard InChI is InChI=1S/C99H136F3N21O21S/c1-53(2)44-71-89(135)111-69(41-43-104)88(134)116-74(46-58-20-13-9-14-21-58)94(140)122-82(54(3)4)96(142)112-68(36-38-78(106)125)87(133)120-77(95(141)109-66(40-42-103)84(108)130)51-145-52-80(127)121-83(55(5)105)97(143)119-73(48-60-28-33-65(124)34-29-60)92(138)118-76(50-81(128)129)93(139)117-75(49-61-22-17-25-64(45-61)99(100,101)102)90(136)110-67(35-30-57-18-11-8-12-19-57)86(132)115-72(47-59-26-31-63(32-27-59)62-23-15-10-16-24-62)91(137)113-70(37-39-79(107)126)98(144)123(7)56(6)85(131)114-71/h8,10-12,15-19,22-29,31-34,45,53-56,58,66-77,82-83,124H,9,13-14,20-21,30,35-44,46-52,103-105H2,1-7H3,(H2,106,125)(H2,107,126)(H2,108,130)(H,109,141)(H,110,136)(H,111,135)(H,112,142)(H,113,137)(H,114,131)(H,115,132)(H,116,134)(H,117,139)(H,118,138)(H,119,143)(H,120,133)(H,121,127)(H,122,140)(H,128,129)/t55-,56+,66+,67+,68?,69+,70?,71-,72?,73+,74?,75+,76+,77+,82?,83?/m1/s1. The highest BCUT2D eigenvalue weighted by Crippen LogP contribution is 2.32. The number of rotatable bonds is 31. The summed E-state index contributed by atoms with van der Waals surface area (Å²) in [6.07, 6.45) is -7.86. The minimum absolute atomic E-state index is 0.00108. The van der Waals surface area contributed by atoms with E-state index in [0.29, 0.717) is 53.4 Å². The highest BCUT2D eigenvalue weighted by molar-refractivity contribution is 8.00. The number of phenolic OH excluding ortho intramolecular Hbond substituents is 1. The molecule has 2 aliphatic rings. The average Bonchev–Trinajstić information content (AvgIpc) is 0.822. The molecule has 6 unspecified atom stereocenters. The van der Waals surface area contributed by atoms with Gasteiger partial charge >= 0.3 is 12.1 Å². The lowest BCUT2D eigenvalue weighted by Crippen LogP contribution is -2.62. The van der Waals surface area contributed by atoms with Gasteiger partial charge in [-0.3, -0.25) is 91.1 Å². The van der Waals surface area contributed by atoms with Crippen molar-refractivity contribution in [3.8, 4) is 16.9 Å². The molecule has 1 saturated heterocycles. The maximum atomic E-state index is 15.6. The Labute approximate surface area is 842 Å². The van der Waals surface area contributed by atoms with Crippen LogP contribution in [0.15, 0.2) is 133 Å². The highest BCUT2D eigenvalue weighted by Gasteiger charge is 2.42. The van der Waals surface area contributed by atoms with Crippen LogP contribution in [0.5, 0.6) is 5.75 Å². The van der Waals surface area contributed by atoms with Gasteiger partial charge in [0.25, 0.3) is 0 Å². The predicted molar refractivity (Wildman–Crippen MR) is 529 cm³/mol. The molecule has 0 aromatic heterocycles. The van der Waals surface area contributed by atoms with E-state index < -0.39 is 289 Å². The number of nitrogens with one attached hydrogen (secondary N) is 14. The van der Waals surface area contributed by atoms with Gasteiger partial charge < -0.3 is 124 Å². The van der Waals surface area contributed by atoms with Gasteiger partial charge in [0.1, 0.15) is 96.4 Å². The number of carbonyl (C=O) groups excluding carboxylic acids is 18. The Bertz CT molecular complexity index is 5300. The molecule has 7 rings (SSSR count). The minimum Gasteiger partial charge on any atom is -0.508 e. The van der Waals surface area contributed by atoms with Crippen LogP contribution in [-0.2, 0) is 123 Å². The molecule has 46 heteroatoms. The molecule has 790 valence electrons. The maximum Gasteiger partial charge on any atom is 0.416 e. The molecule has 2 fully saturated rings. The van der Waals surface area contributed by atoms with Gasteiger partial charge in [0, 0.05) is 50.9 Å². The number of alkyl halides is 3. The number of aromatic hydroxyl groups is 1. The number of carboxylic acids is 1. The van der Waals surface area contributed by atoms with Gasteiger partial charge in [-0.15, -0.1) is 11.8 Å². The molecule has 5 aromatic rings. The molecule has 18 amide bonds. The Morgan fingerprint density at radius 2 is 0.924 bits per heavy atom. The second-order valence-corrected chi connectivity index (χ2v) is 38.1. The molecule has 1 aliphatic heterocycles. The van der Waals surface area contributed by atoms with Crippen LogP contribution >= 0.6 is 11.8 Å². The number of aliphatic carboxylic acids is 1. The van der Waals surface area contributed by atoms with Gasteiger partial charge in [-0.1, -0.05) is 175 Å². The van der Waals surface area contributed by atoms with Crippen molar-refractivity contribution >= 4 is 124 Å². The van der Waals surface area contributed by atoms with Crippen LogP contribution in [0.4, 0.5) is 13.2 Å². The number of halogens is 3. The minimum atomic E-state index is -5.01. The highest BCUT2D eigenvalue weighted by atomic mass is 32.2. The molecule has 145 heavy (non-hydrogen) atoms. The van der Waals surface area contributed by atoms with Crippen molar-refractivity contribution in [3.63, 3.8) is 0 Å². The molecular formula is C99H136F3N21O21S. The zero-order chi connectivity index (χ0) is 107. The zero-order valence-corrected chi connectivity index (χ0v) is 82.9. The number of hydrogen-bond acceptors (Lipinski definition) is 24. The number of primary amides is 3. The smallest absolute Gasteiger partial charge is 0.416 e. The number of aryl methyl sites for hydroxylation is 1. The first kappa shape index (κ1) is 118. The molecule has 5 aromatic carbocycles. The number of hydrogen-bond donors (Lipinski definition) is 22. The lowest BCUT2D eigenvalue weighted by molar-refractivity contribution is -0.143. The van der Waals surface area contributed by atoms with Crippen LogP contribution in [0.1, 0.15) is 166 Å². The number of thioether (sulfide) groups is 1. The van der Waals surface area contributed by atoms with Crippen LogP contribution in [0.3, 0.4) is 0 Å². The van der Waals surface area contributed by atoms with E-state index in [1.54, 1.807) is 86.6 Å². The third-order valence-corrected chi connectivity index (χ3v) is 25.6. The van der Waals surface area contributed by atoms with Crippen LogP contribution in [0, 0.1) is 17.8 Å². The van der Waals surface area contributed by atoms with Gasteiger partial charge in [-0.2, -0.15) is 13.2 Å². The van der Waals surface area contributed by atoms with Crippen LogP contribution in [-0.4, -0.2) is 256 Å². The zero-order valence-electron chi connectivity index (χ0n) is 82.0. The number of nitrogens with zero attached hydrogens (tertiary/aromatic N) is 1. The molecule has 1 heterocycles. The summed E-state index contributed by atoms with van der Waals surface area (Å²) >= 11 is 0.628. The number of benzene rings is 5. The van der Waals surface area contributed by atoms with Gasteiger partial charge in [-0.25, -0.2) is 0 Å². The summed E-state index contributed by atoms with van der Waals surface area (Å²) in [5.41, 5.74) is 36.3. The van der Waals surface area contributed by atoms with Gasteiger partial charge in [0.2, 0.25) is 106 Å². The maximum absolute atomic E-state index is 15.6. The van der Waals surface area contributed by atoms with Crippen molar-refractivity contribution in [2.24, 2.45) is 52.2 Å². The molecule has 42 nitrogen and oxygen atoms in total. The summed E-state index contributed by atoms with van der Waals surface area (Å²) in [5.74, 6) is -24.5. The van der Waals surface area contributed by atoms with E-state index in [1.807, 2.05) is 12.1 Å². The van der Waals surface area contributed by atoms with Gasteiger partial charge in [-0.05, 0) is 148 Å². The molecule has 16 atom stereocenters. The fourth-order valence-corrected chi connectivity index (χ4v) is 17.2. The molecule has 0 bridgehead atoms. The number of likely N-dealkylation sites (N-methyl/N-ethyl adjacent to an activating group) is 1. The Morgan fingerprint density at radius 1 is 0.476 bits per heavy atom. The first-order valence-corrected chi connectivity index (χ1v) is 49.2. The lowest BCUT2D eigenvalue weighted by atomic mass is 9.84. The van der Waals surface area contributed by atoms with E-state index in [4.69, 9.17) is 34.4 Å². The Balaban J connectivity index is 1.37. The quantitative estimate of drug-likeness (QED) is 0.0262. The molecule has 1 aliphatic carbocycles. The van der Waals surface area contributed by atoms with Crippen molar-refractivity contribution in [1.82, 2.24) is 79.3 Å². The van der Waals surface area contributed by atoms with Crippen molar-refractivity contribution in [3.05, 3.63) is 161 Å². The number of carboxylic acid groups (broad SMARTS) is 1. The van der Waals surface area contributed by atoms with Crippen molar-refractivity contribution in [1.29, 1.82) is 0 Å². The van der Waals surface area contributed by atoms with E-state index in [1.165, 1.54) is 59.0 Å². The Morgan fingerprint density at radius 3 is 1.46 bits per heavy atom. The average molecular weight is 2050 g/mol. The monoisotopic (exact) mass is 2040 g/mol. The number of nitrogens with two attached hydrogens (primary N) is 6. The molecular weight excluding hydrogens is 1910 g/mol. The summed E-state index contributed by atoms with van der Waals surface area (Å²) in [6, 6.07) is 5.03. The van der Waals surface area contributed by atoms with E-state index in [-0.39, 0.29) is 80.3 Å². The van der Waals surface area contributed by atoms with Crippen molar-refractivity contribution in [2.75, 3.05) is 31.6 Å². The summed E-state index contributed by atoms with van der Waals surface area (Å²) < 4.78 is 43.8. The topological polar surface area (TPSA) is 693 Å². The molecule has 0 radical (unpaired) electrons. The lowest BCUT2D eigenvalue weighted by Gasteiger charge is -2.32. The molecule has 28 N–H and O–H groups in total. The molecule has 0 spiro atoms. The Kier molecular flexibility index (Phi) is 47.1. The van der Waals surface area contributed by atoms with E-state index >= 15 is 33.6 Å². The fraction of sp³-hybridized carbons (Fsp3) is 0.505. The third kappa shape index (κ3) is 39.1. The molecule has 1 saturated carbocycles. The van der Waals surface area contributed by atoms with E-state index in [9.17, 15) is 80.9 Å². The summed E-state index contributed by atoms with van der Waals surface area (Å²) in [6.45, 7) is 8.58. The largest absolute Gasteiger partial charge is 0.508 e. The van der Waals surface area contributed by atoms with Gasteiger partial charge in [0.15, 0.2) is 0 Å². The summed E-state index contributed by atoms with van der Waals surface area (Å²) in [4.78, 5) is 276. The summed E-state index contributed by atoms with van der Waals surface area (Å²) in [7, 11) is 1.17. The SMILES string of the molecule is CC(C)C[C@H]1NC(=O)[C@H](C)N(C)C(=O)C(CCC(N)=O)NC(=O)C(Cc2ccc(-c3ccccc3)cc2)NC(=O)[C@H](CCc2ccccc2)NC(=O)[C@H](Cc2cccc(C(F)(F)F)c2)NC(=O)[C@H](CC(=O)O)NC(=O)[C@H](Cc2ccc(O)cc2)NC(=O)C([C@@H](C)N)NC(=O)CSC[C@@H](C(=O)N[C@@H](CCN)C(N)=O)NC(=O)C(CCC(N)=O)NC(=O)C(C(C)C)NC(=O)C(CC2CCCCC2)NC(=O)[C@H](CCN)NC1=O. The van der Waals surface area contributed by atoms with Crippen LogP contribution in [0.25, 0.3) is 11.1 Å². The third-order valence-electron chi connectivity index (χ3n) is 24.6. The normalized spacial score (nSPS) is 23.5. The number of phenols is 1. The fourth-order valence-electron chi connectivity index (χ4n) is 16.4.